The number of hydrogen-bond donors (Lipinski definition) is 1. The summed E-state index contributed by atoms with van der Waals surface area (Å²) in [6, 6.07) is 10.4. The fourth-order valence-electron chi connectivity index (χ4n) is 2.80. The van der Waals surface area contributed by atoms with E-state index in [2.05, 4.69) is 64.4 Å². The molecule has 0 bridgehead atoms. The monoisotopic (exact) mass is 296 g/mol. The molecule has 1 saturated heterocycles. The van der Waals surface area contributed by atoms with Crippen molar-refractivity contribution in [3.63, 3.8) is 0 Å². The molecular formula is C18H24N4. The van der Waals surface area contributed by atoms with Gasteiger partial charge in [0, 0.05) is 24.8 Å². The Morgan fingerprint density at radius 2 is 1.73 bits per heavy atom. The standard InChI is InChI=1S/C18H24N4/c1-13-4-6-16(7-5-13)21-17-12-18(20-15(3)19-17)22-10-8-14(2)9-11-22/h4-7,12,14H,8-11H2,1-3H3,(H,19,20,21). The van der Waals surface area contributed by atoms with E-state index >= 15 is 0 Å². The van der Waals surface area contributed by atoms with Gasteiger partial charge >= 0.3 is 0 Å². The average molecular weight is 296 g/mol. The molecule has 0 radical (unpaired) electrons. The molecule has 1 fully saturated rings. The summed E-state index contributed by atoms with van der Waals surface area (Å²) in [5.74, 6) is 3.54. The molecule has 2 heterocycles. The Kier molecular flexibility index (Phi) is 4.27. The lowest BCUT2D eigenvalue weighted by atomic mass is 9.99. The Balaban J connectivity index is 1.79. The second kappa shape index (κ2) is 6.34. The summed E-state index contributed by atoms with van der Waals surface area (Å²) >= 11 is 0. The van der Waals surface area contributed by atoms with Crippen molar-refractivity contribution in [3.8, 4) is 0 Å². The lowest BCUT2D eigenvalue weighted by molar-refractivity contribution is 0.436. The van der Waals surface area contributed by atoms with Gasteiger partial charge in [-0.2, -0.15) is 0 Å². The molecule has 4 heteroatoms. The number of rotatable bonds is 3. The van der Waals surface area contributed by atoms with E-state index in [1.807, 2.05) is 6.92 Å². The quantitative estimate of drug-likeness (QED) is 0.927. The molecule has 0 saturated carbocycles. The summed E-state index contributed by atoms with van der Waals surface area (Å²) in [6.45, 7) is 8.54. The third-order valence-corrected chi connectivity index (χ3v) is 4.26. The highest BCUT2D eigenvalue weighted by Gasteiger charge is 2.17. The van der Waals surface area contributed by atoms with Gasteiger partial charge in [0.25, 0.3) is 0 Å². The predicted octanol–water partition coefficient (Wildman–Crippen LogP) is 4.07. The van der Waals surface area contributed by atoms with Crippen LogP contribution in [-0.2, 0) is 0 Å². The fraction of sp³-hybridized carbons (Fsp3) is 0.444. The van der Waals surface area contributed by atoms with Gasteiger partial charge < -0.3 is 10.2 Å². The Hall–Kier alpha value is -2.10. The van der Waals surface area contributed by atoms with Crippen molar-refractivity contribution in [1.29, 1.82) is 0 Å². The molecule has 1 aliphatic rings. The summed E-state index contributed by atoms with van der Waals surface area (Å²) < 4.78 is 0. The van der Waals surface area contributed by atoms with Gasteiger partial charge in [-0.1, -0.05) is 24.6 Å². The molecule has 22 heavy (non-hydrogen) atoms. The van der Waals surface area contributed by atoms with Gasteiger partial charge in [0.1, 0.15) is 17.5 Å². The van der Waals surface area contributed by atoms with Gasteiger partial charge in [0.05, 0.1) is 0 Å². The number of nitrogens with one attached hydrogen (secondary N) is 1. The second-order valence-corrected chi connectivity index (χ2v) is 6.32. The molecule has 0 unspecified atom stereocenters. The summed E-state index contributed by atoms with van der Waals surface area (Å²) in [5.41, 5.74) is 2.31. The predicted molar refractivity (Wildman–Crippen MR) is 91.8 cm³/mol. The molecular weight excluding hydrogens is 272 g/mol. The highest BCUT2D eigenvalue weighted by atomic mass is 15.2. The molecule has 1 aromatic heterocycles. The lowest BCUT2D eigenvalue weighted by Gasteiger charge is -2.31. The molecule has 1 aromatic carbocycles. The minimum atomic E-state index is 0.811. The maximum absolute atomic E-state index is 4.61. The Morgan fingerprint density at radius 1 is 1.05 bits per heavy atom. The topological polar surface area (TPSA) is 41.0 Å². The van der Waals surface area contributed by atoms with E-state index in [1.165, 1.54) is 18.4 Å². The number of piperidine rings is 1. The first kappa shape index (κ1) is 14.8. The zero-order valence-electron chi connectivity index (χ0n) is 13.6. The van der Waals surface area contributed by atoms with E-state index in [9.17, 15) is 0 Å². The normalized spacial score (nSPS) is 15.9. The van der Waals surface area contributed by atoms with Crippen LogP contribution < -0.4 is 10.2 Å². The molecule has 1 aliphatic heterocycles. The van der Waals surface area contributed by atoms with E-state index in [-0.39, 0.29) is 0 Å². The Morgan fingerprint density at radius 3 is 2.41 bits per heavy atom. The first-order valence-corrected chi connectivity index (χ1v) is 8.04. The summed E-state index contributed by atoms with van der Waals surface area (Å²) in [6.07, 6.45) is 2.48. The number of hydrogen-bond acceptors (Lipinski definition) is 4. The van der Waals surface area contributed by atoms with Gasteiger partial charge in [-0.3, -0.25) is 0 Å². The van der Waals surface area contributed by atoms with Crippen molar-refractivity contribution in [3.05, 3.63) is 41.7 Å². The molecule has 4 nitrogen and oxygen atoms in total. The van der Waals surface area contributed by atoms with E-state index in [0.29, 0.717) is 0 Å². The van der Waals surface area contributed by atoms with Crippen LogP contribution in [-0.4, -0.2) is 23.1 Å². The third kappa shape index (κ3) is 3.56. The number of benzene rings is 1. The second-order valence-electron chi connectivity index (χ2n) is 6.32. The van der Waals surface area contributed by atoms with Crippen LogP contribution in [0.25, 0.3) is 0 Å². The van der Waals surface area contributed by atoms with Crippen LogP contribution in [0.1, 0.15) is 31.2 Å². The minimum Gasteiger partial charge on any atom is -0.356 e. The zero-order chi connectivity index (χ0) is 15.5. The number of nitrogens with zero attached hydrogens (tertiary/aromatic N) is 3. The van der Waals surface area contributed by atoms with Crippen molar-refractivity contribution < 1.29 is 0 Å². The van der Waals surface area contributed by atoms with Crippen molar-refractivity contribution in [2.45, 2.75) is 33.6 Å². The Labute approximate surface area is 132 Å². The van der Waals surface area contributed by atoms with Crippen molar-refractivity contribution >= 4 is 17.3 Å². The Bertz CT molecular complexity index is 628. The smallest absolute Gasteiger partial charge is 0.136 e. The van der Waals surface area contributed by atoms with Crippen LogP contribution in [0.4, 0.5) is 17.3 Å². The van der Waals surface area contributed by atoms with Crippen molar-refractivity contribution in [2.75, 3.05) is 23.3 Å². The molecule has 0 aliphatic carbocycles. The van der Waals surface area contributed by atoms with Gasteiger partial charge in [0.15, 0.2) is 0 Å². The highest BCUT2D eigenvalue weighted by molar-refractivity contribution is 5.60. The fourth-order valence-corrected chi connectivity index (χ4v) is 2.80. The van der Waals surface area contributed by atoms with E-state index in [0.717, 1.165) is 42.2 Å². The van der Waals surface area contributed by atoms with Gasteiger partial charge in [0.2, 0.25) is 0 Å². The van der Waals surface area contributed by atoms with Crippen LogP contribution in [0, 0.1) is 19.8 Å². The van der Waals surface area contributed by atoms with E-state index in [4.69, 9.17) is 0 Å². The SMILES string of the molecule is Cc1ccc(Nc2cc(N3CCC(C)CC3)nc(C)n2)cc1. The van der Waals surface area contributed by atoms with Crippen molar-refractivity contribution in [1.82, 2.24) is 9.97 Å². The van der Waals surface area contributed by atoms with Crippen LogP contribution in [0.5, 0.6) is 0 Å². The number of aromatic nitrogens is 2. The van der Waals surface area contributed by atoms with Crippen LogP contribution in [0.15, 0.2) is 30.3 Å². The van der Waals surface area contributed by atoms with Crippen LogP contribution in [0.2, 0.25) is 0 Å². The zero-order valence-corrected chi connectivity index (χ0v) is 13.6. The average Bonchev–Trinajstić information content (AvgIpc) is 2.50. The molecule has 1 N–H and O–H groups in total. The third-order valence-electron chi connectivity index (χ3n) is 4.26. The van der Waals surface area contributed by atoms with Gasteiger partial charge in [-0.15, -0.1) is 0 Å². The summed E-state index contributed by atoms with van der Waals surface area (Å²) in [4.78, 5) is 11.5. The molecule has 0 atom stereocenters. The molecule has 116 valence electrons. The molecule has 0 amide bonds. The van der Waals surface area contributed by atoms with E-state index < -0.39 is 0 Å². The van der Waals surface area contributed by atoms with Gasteiger partial charge in [-0.25, -0.2) is 9.97 Å². The van der Waals surface area contributed by atoms with Crippen LogP contribution >= 0.6 is 0 Å². The van der Waals surface area contributed by atoms with E-state index in [1.54, 1.807) is 0 Å². The first-order chi connectivity index (χ1) is 10.6. The maximum atomic E-state index is 4.61. The number of anilines is 3. The minimum absolute atomic E-state index is 0.811. The first-order valence-electron chi connectivity index (χ1n) is 8.04. The molecule has 0 spiro atoms. The largest absolute Gasteiger partial charge is 0.356 e. The number of aryl methyl sites for hydroxylation is 2. The summed E-state index contributed by atoms with van der Waals surface area (Å²) in [5, 5.41) is 3.38. The summed E-state index contributed by atoms with van der Waals surface area (Å²) in [7, 11) is 0. The van der Waals surface area contributed by atoms with Crippen LogP contribution in [0.3, 0.4) is 0 Å². The van der Waals surface area contributed by atoms with Crippen molar-refractivity contribution in [2.24, 2.45) is 5.92 Å². The molecule has 2 aromatic rings. The lowest BCUT2D eigenvalue weighted by Crippen LogP contribution is -2.33. The maximum Gasteiger partial charge on any atom is 0.136 e. The molecule has 3 rings (SSSR count). The van der Waals surface area contributed by atoms with Gasteiger partial charge in [-0.05, 0) is 44.7 Å². The highest BCUT2D eigenvalue weighted by Crippen LogP contribution is 2.24.